The van der Waals surface area contributed by atoms with Crippen molar-refractivity contribution in [3.8, 4) is 23.0 Å². The van der Waals surface area contributed by atoms with Crippen LogP contribution in [-0.4, -0.2) is 32.0 Å². The van der Waals surface area contributed by atoms with Crippen molar-refractivity contribution in [2.45, 2.75) is 0 Å². The van der Waals surface area contributed by atoms with Crippen molar-refractivity contribution < 1.29 is 30.0 Å². The molecule has 4 N–H and O–H groups in total. The van der Waals surface area contributed by atoms with E-state index in [4.69, 9.17) is 10.2 Å². The Kier molecular flexibility index (Phi) is 6.93. The molecule has 0 saturated carbocycles. The molecule has 0 aromatic heterocycles. The maximum absolute atomic E-state index is 10.3. The zero-order valence-corrected chi connectivity index (χ0v) is 14.7. The van der Waals surface area contributed by atoms with E-state index in [0.29, 0.717) is 10.8 Å². The van der Waals surface area contributed by atoms with Crippen molar-refractivity contribution in [3.05, 3.63) is 85.0 Å². The Morgan fingerprint density at radius 1 is 0.464 bits per heavy atom. The minimum atomic E-state index is -0.121. The van der Waals surface area contributed by atoms with Crippen LogP contribution in [0, 0.1) is 0 Å². The van der Waals surface area contributed by atoms with Crippen LogP contribution < -0.4 is 0 Å². The second kappa shape index (κ2) is 9.59. The van der Waals surface area contributed by atoms with Crippen LogP contribution in [0.15, 0.2) is 85.0 Å². The fourth-order valence-electron chi connectivity index (χ4n) is 2.16. The van der Waals surface area contributed by atoms with E-state index in [-0.39, 0.29) is 34.6 Å². The quantitative estimate of drug-likeness (QED) is 0.351. The van der Waals surface area contributed by atoms with Crippen molar-refractivity contribution >= 4 is 22.3 Å². The van der Waals surface area contributed by atoms with E-state index in [0.717, 1.165) is 0 Å². The van der Waals surface area contributed by atoms with Gasteiger partial charge in [0.15, 0.2) is 11.6 Å². The van der Waals surface area contributed by atoms with E-state index >= 15 is 0 Å². The number of phenolic OH excluding ortho intramolecular Hbond substituents is 4. The number of rotatable bonds is 0. The molecule has 142 valence electrons. The Hall–Kier alpha value is -4.06. The third-order valence-corrected chi connectivity index (χ3v) is 3.55. The molecule has 28 heavy (non-hydrogen) atoms. The van der Waals surface area contributed by atoms with Gasteiger partial charge >= 0.3 is 0 Å². The molecule has 0 saturated heterocycles. The lowest BCUT2D eigenvalue weighted by molar-refractivity contribution is -0.113. The Labute approximate surface area is 160 Å². The van der Waals surface area contributed by atoms with Crippen LogP contribution in [0.1, 0.15) is 0 Å². The summed E-state index contributed by atoms with van der Waals surface area (Å²) in [6.45, 7) is 0. The average molecular weight is 378 g/mol. The molecule has 0 fully saturated rings. The first-order chi connectivity index (χ1) is 13.4. The zero-order valence-electron chi connectivity index (χ0n) is 14.7. The monoisotopic (exact) mass is 378 g/mol. The minimum absolute atomic E-state index is 0.121. The van der Waals surface area contributed by atoms with Crippen molar-refractivity contribution in [2.24, 2.45) is 0 Å². The number of carbonyl (C=O) groups is 2. The second-order valence-corrected chi connectivity index (χ2v) is 5.64. The molecule has 3 aromatic carbocycles. The molecule has 0 amide bonds. The predicted octanol–water partition coefficient (Wildman–Crippen LogP) is 3.60. The highest BCUT2D eigenvalue weighted by atomic mass is 16.3. The van der Waals surface area contributed by atoms with Gasteiger partial charge in [0.25, 0.3) is 0 Å². The fraction of sp³-hybridized carbons (Fsp3) is 0. The first-order valence-corrected chi connectivity index (χ1v) is 8.18. The predicted molar refractivity (Wildman–Crippen MR) is 105 cm³/mol. The van der Waals surface area contributed by atoms with Crippen LogP contribution >= 0.6 is 0 Å². The second-order valence-electron chi connectivity index (χ2n) is 5.64. The molecule has 0 aliphatic heterocycles. The molecule has 0 radical (unpaired) electrons. The molecule has 4 rings (SSSR count). The van der Waals surface area contributed by atoms with Gasteiger partial charge in [-0.05, 0) is 60.7 Å². The van der Waals surface area contributed by atoms with Gasteiger partial charge in [-0.15, -0.1) is 0 Å². The molecular weight excluding hydrogens is 360 g/mol. The molecule has 0 bridgehead atoms. The highest BCUT2D eigenvalue weighted by molar-refractivity contribution is 6.14. The largest absolute Gasteiger partial charge is 0.508 e. The van der Waals surface area contributed by atoms with E-state index in [1.54, 1.807) is 12.1 Å². The molecule has 0 spiro atoms. The minimum Gasteiger partial charge on any atom is -0.508 e. The van der Waals surface area contributed by atoms with Crippen LogP contribution in [0.2, 0.25) is 0 Å². The average Bonchev–Trinajstić information content (AvgIpc) is 2.71. The zero-order chi connectivity index (χ0) is 20.5. The third kappa shape index (κ3) is 6.03. The highest BCUT2D eigenvalue weighted by Gasteiger charge is 2.01. The van der Waals surface area contributed by atoms with Gasteiger partial charge in [-0.2, -0.15) is 0 Å². The number of carbonyl (C=O) groups excluding carboxylic acids is 2. The summed E-state index contributed by atoms with van der Waals surface area (Å²) in [6, 6.07) is 15.8. The number of hydrogen-bond donors (Lipinski definition) is 4. The normalized spacial score (nSPS) is 12.0. The van der Waals surface area contributed by atoms with E-state index in [9.17, 15) is 19.8 Å². The van der Waals surface area contributed by atoms with E-state index < -0.39 is 0 Å². The van der Waals surface area contributed by atoms with Crippen LogP contribution in [0.25, 0.3) is 10.8 Å². The number of aromatic hydroxyl groups is 4. The fourth-order valence-corrected chi connectivity index (χ4v) is 2.16. The summed E-state index contributed by atoms with van der Waals surface area (Å²) < 4.78 is 0. The SMILES string of the molecule is O=C1C=CC(=O)C=C1.Oc1ccc(O)c2ccccc12.Oc1ccc(O)cc1. The number of phenols is 4. The lowest BCUT2D eigenvalue weighted by Gasteiger charge is -2.01. The maximum atomic E-state index is 10.3. The summed E-state index contributed by atoms with van der Waals surface area (Å²) in [5.74, 6) is 0.492. The van der Waals surface area contributed by atoms with Crippen LogP contribution in [0.5, 0.6) is 23.0 Å². The highest BCUT2D eigenvalue weighted by Crippen LogP contribution is 2.30. The molecule has 6 heteroatoms. The Morgan fingerprint density at radius 3 is 1.11 bits per heavy atom. The molecule has 0 atom stereocenters. The summed E-state index contributed by atoms with van der Waals surface area (Å²) >= 11 is 0. The summed E-state index contributed by atoms with van der Waals surface area (Å²) in [5.41, 5.74) is 0. The molecule has 0 unspecified atom stereocenters. The summed E-state index contributed by atoms with van der Waals surface area (Å²) in [4.78, 5) is 20.6. The molecule has 1 aliphatic carbocycles. The number of fused-ring (bicyclic) bond motifs is 1. The van der Waals surface area contributed by atoms with Gasteiger partial charge in [0.05, 0.1) is 0 Å². The molecule has 0 heterocycles. The van der Waals surface area contributed by atoms with Crippen molar-refractivity contribution in [2.75, 3.05) is 0 Å². The number of ketones is 2. The lowest BCUT2D eigenvalue weighted by atomic mass is 10.1. The third-order valence-electron chi connectivity index (χ3n) is 3.55. The van der Waals surface area contributed by atoms with Crippen LogP contribution in [0.4, 0.5) is 0 Å². The van der Waals surface area contributed by atoms with Gasteiger partial charge in [0.2, 0.25) is 0 Å². The van der Waals surface area contributed by atoms with Gasteiger partial charge in [-0.1, -0.05) is 24.3 Å². The summed E-state index contributed by atoms with van der Waals surface area (Å²) in [7, 11) is 0. The van der Waals surface area contributed by atoms with Crippen LogP contribution in [0.3, 0.4) is 0 Å². The molecule has 6 nitrogen and oxygen atoms in total. The standard InChI is InChI=1S/C10H8O2.C6H6O2.C6H4O2/c11-9-5-6-10(12)8-4-2-1-3-7(8)9;2*7-5-1-2-6(8)4-3-5/h1-6,11-12H;1-4,7-8H;1-4H. The number of hydrogen-bond acceptors (Lipinski definition) is 6. The van der Waals surface area contributed by atoms with Crippen molar-refractivity contribution in [1.82, 2.24) is 0 Å². The van der Waals surface area contributed by atoms with Gasteiger partial charge in [-0.25, -0.2) is 0 Å². The molecule has 1 aliphatic rings. The van der Waals surface area contributed by atoms with Crippen molar-refractivity contribution in [1.29, 1.82) is 0 Å². The van der Waals surface area contributed by atoms with Gasteiger partial charge in [0.1, 0.15) is 23.0 Å². The van der Waals surface area contributed by atoms with Crippen molar-refractivity contribution in [3.63, 3.8) is 0 Å². The van der Waals surface area contributed by atoms with E-state index in [1.165, 1.54) is 60.7 Å². The maximum Gasteiger partial charge on any atom is 0.178 e. The van der Waals surface area contributed by atoms with Gasteiger partial charge < -0.3 is 20.4 Å². The number of benzene rings is 3. The van der Waals surface area contributed by atoms with Crippen LogP contribution in [-0.2, 0) is 9.59 Å². The molecular formula is C22H18O6. The topological polar surface area (TPSA) is 115 Å². The van der Waals surface area contributed by atoms with E-state index in [1.807, 2.05) is 12.1 Å². The summed E-state index contributed by atoms with van der Waals surface area (Å²) in [5, 5.41) is 37.4. The Morgan fingerprint density at radius 2 is 0.786 bits per heavy atom. The Balaban J connectivity index is 0.000000156. The molecule has 3 aromatic rings. The summed E-state index contributed by atoms with van der Waals surface area (Å²) in [6.07, 6.45) is 5.01. The first kappa shape index (κ1) is 20.3. The first-order valence-electron chi connectivity index (χ1n) is 8.18. The van der Waals surface area contributed by atoms with Gasteiger partial charge in [-0.3, -0.25) is 9.59 Å². The van der Waals surface area contributed by atoms with Gasteiger partial charge in [0, 0.05) is 10.8 Å². The smallest absolute Gasteiger partial charge is 0.178 e. The lowest BCUT2D eigenvalue weighted by Crippen LogP contribution is -1.97. The van der Waals surface area contributed by atoms with E-state index in [2.05, 4.69) is 0 Å². The Bertz CT molecular complexity index is 933. The number of allylic oxidation sites excluding steroid dienone is 4.